The van der Waals surface area contributed by atoms with E-state index in [0.29, 0.717) is 30.2 Å². The van der Waals surface area contributed by atoms with Crippen molar-refractivity contribution in [2.75, 3.05) is 24.3 Å². The van der Waals surface area contributed by atoms with Gasteiger partial charge in [0.15, 0.2) is 0 Å². The molecule has 1 aliphatic heterocycles. The zero-order valence-electron chi connectivity index (χ0n) is 14.9. The Kier molecular flexibility index (Phi) is 7.64. The van der Waals surface area contributed by atoms with Gasteiger partial charge >= 0.3 is 0 Å². The molecule has 1 heterocycles. The second-order valence-electron chi connectivity index (χ2n) is 6.40. The van der Waals surface area contributed by atoms with Crippen molar-refractivity contribution in [3.8, 4) is 0 Å². The van der Waals surface area contributed by atoms with Crippen LogP contribution < -0.4 is 16.4 Å². The van der Waals surface area contributed by atoms with Crippen molar-refractivity contribution in [3.05, 3.63) is 59.7 Å². The number of nitrogens with one attached hydrogen (secondary N) is 2. The predicted molar refractivity (Wildman–Crippen MR) is 108 cm³/mol. The first kappa shape index (κ1) is 20.7. The number of carbonyl (C=O) groups is 2. The third-order valence-electron chi connectivity index (χ3n) is 4.33. The van der Waals surface area contributed by atoms with Crippen LogP contribution in [0.1, 0.15) is 28.8 Å². The monoisotopic (exact) mass is 389 g/mol. The van der Waals surface area contributed by atoms with Gasteiger partial charge in [-0.15, -0.1) is 12.4 Å². The Hall–Kier alpha value is -2.57. The van der Waals surface area contributed by atoms with E-state index in [2.05, 4.69) is 10.6 Å². The highest BCUT2D eigenvalue weighted by atomic mass is 35.5. The third-order valence-corrected chi connectivity index (χ3v) is 4.33. The molecular formula is C20H24ClN3O3. The average molecular weight is 390 g/mol. The molecule has 2 aromatic carbocycles. The number of halogens is 1. The molecule has 0 radical (unpaired) electrons. The first-order chi connectivity index (χ1) is 12.6. The molecule has 1 fully saturated rings. The number of amides is 2. The first-order valence-electron chi connectivity index (χ1n) is 8.73. The fourth-order valence-corrected chi connectivity index (χ4v) is 2.84. The van der Waals surface area contributed by atoms with Crippen molar-refractivity contribution in [1.29, 1.82) is 0 Å². The predicted octanol–water partition coefficient (Wildman–Crippen LogP) is 2.78. The minimum Gasteiger partial charge on any atom is -0.399 e. The molecule has 0 aromatic heterocycles. The van der Waals surface area contributed by atoms with Crippen LogP contribution in [0, 0.1) is 0 Å². The van der Waals surface area contributed by atoms with E-state index in [1.165, 1.54) is 0 Å². The van der Waals surface area contributed by atoms with Crippen molar-refractivity contribution in [2.24, 2.45) is 0 Å². The summed E-state index contributed by atoms with van der Waals surface area (Å²) in [6.07, 6.45) is 1.95. The van der Waals surface area contributed by atoms with E-state index in [1.807, 2.05) is 12.1 Å². The minimum atomic E-state index is -0.117. The van der Waals surface area contributed by atoms with Gasteiger partial charge in [0.2, 0.25) is 5.91 Å². The van der Waals surface area contributed by atoms with Crippen LogP contribution in [-0.2, 0) is 16.0 Å². The summed E-state index contributed by atoms with van der Waals surface area (Å²) in [5, 5.41) is 5.85. The molecule has 2 aromatic rings. The van der Waals surface area contributed by atoms with E-state index in [1.54, 1.807) is 36.4 Å². The maximum atomic E-state index is 12.3. The molecule has 0 spiro atoms. The summed E-state index contributed by atoms with van der Waals surface area (Å²) < 4.78 is 5.29. The molecule has 6 nitrogen and oxygen atoms in total. The van der Waals surface area contributed by atoms with E-state index in [9.17, 15) is 9.59 Å². The Balaban J connectivity index is 0.00000261. The quantitative estimate of drug-likeness (QED) is 0.685. The molecule has 0 unspecified atom stereocenters. The summed E-state index contributed by atoms with van der Waals surface area (Å²) in [5.74, 6) is -0.217. The van der Waals surface area contributed by atoms with Gasteiger partial charge in [0.25, 0.3) is 5.91 Å². The molecule has 27 heavy (non-hydrogen) atoms. The second-order valence-corrected chi connectivity index (χ2v) is 6.40. The molecule has 0 bridgehead atoms. The molecule has 7 heteroatoms. The van der Waals surface area contributed by atoms with E-state index >= 15 is 0 Å². The Labute approximate surface area is 164 Å². The highest BCUT2D eigenvalue weighted by molar-refractivity contribution is 5.96. The van der Waals surface area contributed by atoms with Crippen LogP contribution >= 0.6 is 12.4 Å². The van der Waals surface area contributed by atoms with Crippen LogP contribution in [0.25, 0.3) is 0 Å². The van der Waals surface area contributed by atoms with E-state index in [-0.39, 0.29) is 36.7 Å². The fourth-order valence-electron chi connectivity index (χ4n) is 2.84. The molecule has 0 aliphatic carbocycles. The maximum Gasteiger partial charge on any atom is 0.251 e. The fraction of sp³-hybridized carbons (Fsp3) is 0.300. The Morgan fingerprint density at radius 2 is 1.63 bits per heavy atom. The highest BCUT2D eigenvalue weighted by Crippen LogP contribution is 2.13. The molecule has 0 saturated carbocycles. The summed E-state index contributed by atoms with van der Waals surface area (Å²) >= 11 is 0. The van der Waals surface area contributed by atoms with Gasteiger partial charge in [-0.3, -0.25) is 9.59 Å². The van der Waals surface area contributed by atoms with Crippen molar-refractivity contribution in [1.82, 2.24) is 5.32 Å². The van der Waals surface area contributed by atoms with Gasteiger partial charge in [-0.25, -0.2) is 0 Å². The van der Waals surface area contributed by atoms with Crippen LogP contribution in [-0.4, -0.2) is 31.1 Å². The van der Waals surface area contributed by atoms with E-state index in [4.69, 9.17) is 10.5 Å². The smallest absolute Gasteiger partial charge is 0.251 e. The zero-order valence-corrected chi connectivity index (χ0v) is 15.8. The van der Waals surface area contributed by atoms with Crippen LogP contribution in [0.3, 0.4) is 0 Å². The van der Waals surface area contributed by atoms with Crippen molar-refractivity contribution < 1.29 is 14.3 Å². The topological polar surface area (TPSA) is 93.5 Å². The Morgan fingerprint density at radius 1 is 1.00 bits per heavy atom. The van der Waals surface area contributed by atoms with Crippen molar-refractivity contribution in [3.63, 3.8) is 0 Å². The van der Waals surface area contributed by atoms with Gasteiger partial charge in [-0.1, -0.05) is 12.1 Å². The summed E-state index contributed by atoms with van der Waals surface area (Å²) in [5.41, 5.74) is 8.44. The molecule has 0 atom stereocenters. The second kappa shape index (κ2) is 9.94. The van der Waals surface area contributed by atoms with Crippen LogP contribution in [0.5, 0.6) is 0 Å². The first-order valence-corrected chi connectivity index (χ1v) is 8.73. The maximum absolute atomic E-state index is 12.3. The number of hydrogen-bond acceptors (Lipinski definition) is 4. The number of anilines is 2. The van der Waals surface area contributed by atoms with Crippen molar-refractivity contribution >= 4 is 35.6 Å². The van der Waals surface area contributed by atoms with Gasteiger partial charge in [0, 0.05) is 36.2 Å². The van der Waals surface area contributed by atoms with Crippen LogP contribution in [0.2, 0.25) is 0 Å². The lowest BCUT2D eigenvalue weighted by Gasteiger charge is -2.23. The zero-order chi connectivity index (χ0) is 18.4. The largest absolute Gasteiger partial charge is 0.399 e. The van der Waals surface area contributed by atoms with Gasteiger partial charge in [-0.2, -0.15) is 0 Å². The number of benzene rings is 2. The normalized spacial score (nSPS) is 14.1. The summed E-state index contributed by atoms with van der Waals surface area (Å²) in [4.78, 5) is 24.4. The summed E-state index contributed by atoms with van der Waals surface area (Å²) in [6, 6.07) is 14.3. The number of rotatable bonds is 5. The lowest BCUT2D eigenvalue weighted by molar-refractivity contribution is -0.115. The molecule has 1 aliphatic rings. The average Bonchev–Trinajstić information content (AvgIpc) is 2.65. The summed E-state index contributed by atoms with van der Waals surface area (Å²) in [6.45, 7) is 1.37. The molecule has 1 saturated heterocycles. The van der Waals surface area contributed by atoms with Gasteiger partial charge in [-0.05, 0) is 54.8 Å². The van der Waals surface area contributed by atoms with E-state index < -0.39 is 0 Å². The lowest BCUT2D eigenvalue weighted by Crippen LogP contribution is -2.38. The van der Waals surface area contributed by atoms with Crippen LogP contribution in [0.15, 0.2) is 48.5 Å². The lowest BCUT2D eigenvalue weighted by atomic mass is 10.1. The number of ether oxygens (including phenoxy) is 1. The number of nitrogen functional groups attached to an aromatic ring is 1. The third kappa shape index (κ3) is 6.27. The van der Waals surface area contributed by atoms with Gasteiger partial charge < -0.3 is 21.1 Å². The molecule has 2 amide bonds. The Morgan fingerprint density at radius 3 is 2.26 bits per heavy atom. The standard InChI is InChI=1S/C20H23N3O3.ClH/c21-16-5-1-14(2-6-16)13-19(24)22-17-7-3-15(4-8-17)20(25)23-18-9-11-26-12-10-18;/h1-8,18H,9-13,21H2,(H,22,24)(H,23,25);1H. The summed E-state index contributed by atoms with van der Waals surface area (Å²) in [7, 11) is 0. The highest BCUT2D eigenvalue weighted by Gasteiger charge is 2.17. The number of nitrogens with two attached hydrogens (primary N) is 1. The number of hydrogen-bond donors (Lipinski definition) is 3. The molecule has 3 rings (SSSR count). The number of carbonyl (C=O) groups excluding carboxylic acids is 2. The molecule has 144 valence electrons. The Bertz CT molecular complexity index is 757. The van der Waals surface area contributed by atoms with E-state index in [0.717, 1.165) is 18.4 Å². The van der Waals surface area contributed by atoms with Gasteiger partial charge in [0.1, 0.15) is 0 Å². The molecular weight excluding hydrogens is 366 g/mol. The van der Waals surface area contributed by atoms with Crippen LogP contribution in [0.4, 0.5) is 11.4 Å². The SMILES string of the molecule is Cl.Nc1ccc(CC(=O)Nc2ccc(C(=O)NC3CCOCC3)cc2)cc1. The molecule has 4 N–H and O–H groups in total. The van der Waals surface area contributed by atoms with Crippen molar-refractivity contribution in [2.45, 2.75) is 25.3 Å². The minimum absolute atomic E-state index is 0. The van der Waals surface area contributed by atoms with Gasteiger partial charge in [0.05, 0.1) is 6.42 Å².